The van der Waals surface area contributed by atoms with Crippen molar-refractivity contribution in [1.82, 2.24) is 10.1 Å². The highest BCUT2D eigenvalue weighted by Gasteiger charge is 2.08. The highest BCUT2D eigenvalue weighted by atomic mass is 16.5. The van der Waals surface area contributed by atoms with Gasteiger partial charge in [0.2, 0.25) is 5.82 Å². The van der Waals surface area contributed by atoms with Crippen molar-refractivity contribution in [2.75, 3.05) is 0 Å². The molecule has 4 heteroatoms. The number of ether oxygens (including phenoxy) is 1. The first-order chi connectivity index (χ1) is 10.3. The third-order valence-electron chi connectivity index (χ3n) is 3.19. The van der Waals surface area contributed by atoms with Crippen molar-refractivity contribution in [3.63, 3.8) is 0 Å². The van der Waals surface area contributed by atoms with Crippen LogP contribution in [0.3, 0.4) is 0 Å². The second kappa shape index (κ2) is 6.22. The maximum atomic E-state index is 5.64. The third-order valence-corrected chi connectivity index (χ3v) is 3.19. The van der Waals surface area contributed by atoms with Crippen LogP contribution in [0.2, 0.25) is 0 Å². The molecule has 0 N–H and O–H groups in total. The van der Waals surface area contributed by atoms with E-state index >= 15 is 0 Å². The normalized spacial score (nSPS) is 10.5. The fourth-order valence-corrected chi connectivity index (χ4v) is 1.98. The van der Waals surface area contributed by atoms with Gasteiger partial charge in [0.15, 0.2) is 6.61 Å². The summed E-state index contributed by atoms with van der Waals surface area (Å²) in [6.07, 6.45) is 1.02. The van der Waals surface area contributed by atoms with Gasteiger partial charge in [0.1, 0.15) is 5.75 Å². The summed E-state index contributed by atoms with van der Waals surface area (Å²) >= 11 is 0. The maximum Gasteiger partial charge on any atom is 0.264 e. The largest absolute Gasteiger partial charge is 0.484 e. The molecule has 4 nitrogen and oxygen atoms in total. The van der Waals surface area contributed by atoms with E-state index in [0.29, 0.717) is 11.7 Å². The molecule has 0 saturated heterocycles. The van der Waals surface area contributed by atoms with Crippen LogP contribution in [0.4, 0.5) is 0 Å². The summed E-state index contributed by atoms with van der Waals surface area (Å²) in [7, 11) is 0. The van der Waals surface area contributed by atoms with Crippen LogP contribution in [-0.4, -0.2) is 10.1 Å². The van der Waals surface area contributed by atoms with Crippen LogP contribution < -0.4 is 4.74 Å². The standard InChI is InChI=1S/C17H16N2O2/c1-2-13-8-10-15(11-9-13)20-12-16-18-17(19-21-16)14-6-4-3-5-7-14/h3-11H,2,12H2,1H3. The fourth-order valence-electron chi connectivity index (χ4n) is 1.98. The zero-order valence-electron chi connectivity index (χ0n) is 11.8. The van der Waals surface area contributed by atoms with Crippen molar-refractivity contribution in [3.05, 3.63) is 66.1 Å². The molecule has 2 aromatic carbocycles. The van der Waals surface area contributed by atoms with Crippen molar-refractivity contribution in [1.29, 1.82) is 0 Å². The Morgan fingerprint density at radius 2 is 1.76 bits per heavy atom. The van der Waals surface area contributed by atoms with Gasteiger partial charge in [-0.05, 0) is 24.1 Å². The molecule has 0 unspecified atom stereocenters. The first kappa shape index (κ1) is 13.4. The molecule has 0 spiro atoms. The van der Waals surface area contributed by atoms with Gasteiger partial charge in [-0.25, -0.2) is 0 Å². The Kier molecular flexibility index (Phi) is 3.96. The van der Waals surface area contributed by atoms with Gasteiger partial charge in [-0.3, -0.25) is 0 Å². The van der Waals surface area contributed by atoms with Gasteiger partial charge in [0.25, 0.3) is 5.89 Å². The molecule has 106 valence electrons. The van der Waals surface area contributed by atoms with Crippen LogP contribution in [0.5, 0.6) is 5.75 Å². The van der Waals surface area contributed by atoms with Crippen molar-refractivity contribution in [2.24, 2.45) is 0 Å². The molecule has 1 aromatic heterocycles. The molecule has 1 heterocycles. The van der Waals surface area contributed by atoms with Gasteiger partial charge < -0.3 is 9.26 Å². The van der Waals surface area contributed by atoms with E-state index in [9.17, 15) is 0 Å². The number of nitrogens with zero attached hydrogens (tertiary/aromatic N) is 2. The molecule has 0 amide bonds. The monoisotopic (exact) mass is 280 g/mol. The van der Waals surface area contributed by atoms with E-state index in [0.717, 1.165) is 17.7 Å². The molecule has 21 heavy (non-hydrogen) atoms. The van der Waals surface area contributed by atoms with Crippen molar-refractivity contribution >= 4 is 0 Å². The Bertz CT molecular complexity index is 690. The topological polar surface area (TPSA) is 48.2 Å². The summed E-state index contributed by atoms with van der Waals surface area (Å²) < 4.78 is 10.8. The Hall–Kier alpha value is -2.62. The van der Waals surface area contributed by atoms with Crippen LogP contribution >= 0.6 is 0 Å². The number of benzene rings is 2. The second-order valence-corrected chi connectivity index (χ2v) is 4.66. The lowest BCUT2D eigenvalue weighted by Crippen LogP contribution is -1.95. The van der Waals surface area contributed by atoms with Gasteiger partial charge in [0.05, 0.1) is 0 Å². The Morgan fingerprint density at radius 3 is 2.48 bits per heavy atom. The number of hydrogen-bond acceptors (Lipinski definition) is 4. The van der Waals surface area contributed by atoms with Crippen LogP contribution in [0, 0.1) is 0 Å². The molecule has 0 radical (unpaired) electrons. The highest BCUT2D eigenvalue weighted by Crippen LogP contribution is 2.17. The molecule has 0 aliphatic rings. The smallest absolute Gasteiger partial charge is 0.264 e. The summed E-state index contributed by atoms with van der Waals surface area (Å²) in [5.74, 6) is 1.84. The number of rotatable bonds is 5. The predicted molar refractivity (Wildman–Crippen MR) is 79.9 cm³/mol. The van der Waals surface area contributed by atoms with Gasteiger partial charge >= 0.3 is 0 Å². The minimum Gasteiger partial charge on any atom is -0.484 e. The van der Waals surface area contributed by atoms with Crippen LogP contribution in [0.15, 0.2) is 59.1 Å². The van der Waals surface area contributed by atoms with Gasteiger partial charge in [-0.15, -0.1) is 0 Å². The summed E-state index contributed by atoms with van der Waals surface area (Å²) in [6, 6.07) is 17.7. The van der Waals surface area contributed by atoms with E-state index in [1.165, 1.54) is 5.56 Å². The first-order valence-corrected chi connectivity index (χ1v) is 6.95. The van der Waals surface area contributed by atoms with E-state index in [1.54, 1.807) is 0 Å². The van der Waals surface area contributed by atoms with Crippen LogP contribution in [0.1, 0.15) is 18.4 Å². The van der Waals surface area contributed by atoms with Crippen LogP contribution in [0.25, 0.3) is 11.4 Å². The molecule has 0 saturated carbocycles. The number of aromatic nitrogens is 2. The first-order valence-electron chi connectivity index (χ1n) is 6.95. The zero-order chi connectivity index (χ0) is 14.5. The summed E-state index contributed by atoms with van der Waals surface area (Å²) in [4.78, 5) is 4.33. The van der Waals surface area contributed by atoms with Crippen molar-refractivity contribution < 1.29 is 9.26 Å². The predicted octanol–water partition coefficient (Wildman–Crippen LogP) is 3.88. The highest BCUT2D eigenvalue weighted by molar-refractivity contribution is 5.53. The van der Waals surface area contributed by atoms with Crippen LogP contribution in [-0.2, 0) is 13.0 Å². The van der Waals surface area contributed by atoms with E-state index in [-0.39, 0.29) is 6.61 Å². The minimum absolute atomic E-state index is 0.269. The second-order valence-electron chi connectivity index (χ2n) is 4.66. The van der Waals surface area contributed by atoms with Gasteiger partial charge in [-0.2, -0.15) is 4.98 Å². The summed E-state index contributed by atoms with van der Waals surface area (Å²) in [5, 5.41) is 3.96. The molecule has 0 aliphatic heterocycles. The van der Waals surface area contributed by atoms with Gasteiger partial charge in [0, 0.05) is 5.56 Å². The molecule has 0 fully saturated rings. The Morgan fingerprint density at radius 1 is 1.00 bits per heavy atom. The summed E-state index contributed by atoms with van der Waals surface area (Å²) in [6.45, 7) is 2.39. The Labute approximate surface area is 123 Å². The fraction of sp³-hybridized carbons (Fsp3) is 0.176. The van der Waals surface area contributed by atoms with Crippen molar-refractivity contribution in [3.8, 4) is 17.1 Å². The lowest BCUT2D eigenvalue weighted by atomic mass is 10.2. The molecular weight excluding hydrogens is 264 g/mol. The van der Waals surface area contributed by atoms with E-state index in [1.807, 2.05) is 42.5 Å². The average Bonchev–Trinajstić information content (AvgIpc) is 3.03. The quantitative estimate of drug-likeness (QED) is 0.711. The number of aryl methyl sites for hydroxylation is 1. The van der Waals surface area contributed by atoms with E-state index in [2.05, 4.69) is 29.2 Å². The van der Waals surface area contributed by atoms with E-state index < -0.39 is 0 Å². The number of hydrogen-bond donors (Lipinski definition) is 0. The molecule has 0 atom stereocenters. The molecule has 3 rings (SSSR count). The zero-order valence-corrected chi connectivity index (χ0v) is 11.8. The average molecular weight is 280 g/mol. The lowest BCUT2D eigenvalue weighted by Gasteiger charge is -2.03. The van der Waals surface area contributed by atoms with Crippen molar-refractivity contribution in [2.45, 2.75) is 20.0 Å². The summed E-state index contributed by atoms with van der Waals surface area (Å²) in [5.41, 5.74) is 2.21. The minimum atomic E-state index is 0.269. The van der Waals surface area contributed by atoms with E-state index in [4.69, 9.17) is 9.26 Å². The maximum absolute atomic E-state index is 5.64. The molecule has 0 bridgehead atoms. The SMILES string of the molecule is CCc1ccc(OCc2nc(-c3ccccc3)no2)cc1. The lowest BCUT2D eigenvalue weighted by molar-refractivity contribution is 0.243. The van der Waals surface area contributed by atoms with Gasteiger partial charge in [-0.1, -0.05) is 54.5 Å². The third kappa shape index (κ3) is 3.28. The molecular formula is C17H16N2O2. The molecule has 0 aliphatic carbocycles. The Balaban J connectivity index is 1.64. The molecule has 3 aromatic rings.